The van der Waals surface area contributed by atoms with Gasteiger partial charge < -0.3 is 14.9 Å². The van der Waals surface area contributed by atoms with E-state index in [0.717, 1.165) is 24.0 Å². The Hall–Kier alpha value is -1.13. The van der Waals surface area contributed by atoms with Crippen LogP contribution in [0.15, 0.2) is 18.2 Å². The molecule has 2 fully saturated rings. The summed E-state index contributed by atoms with van der Waals surface area (Å²) in [5, 5.41) is 20.1. The largest absolute Gasteiger partial charge is 0.508 e. The molecule has 4 rings (SSSR count). The number of hydrogen-bond acceptors (Lipinski definition) is 3. The molecule has 0 aromatic heterocycles. The monoisotopic (exact) mass is 320 g/mol. The van der Waals surface area contributed by atoms with Gasteiger partial charge in [0.1, 0.15) is 11.9 Å². The highest BCUT2D eigenvalue weighted by atomic mass is 19.1. The lowest BCUT2D eigenvalue weighted by Gasteiger charge is -2.51. The number of hydrogen-bond donors (Lipinski definition) is 2. The fourth-order valence-corrected chi connectivity index (χ4v) is 5.95. The molecule has 7 atom stereocenters. The van der Waals surface area contributed by atoms with Crippen molar-refractivity contribution in [3.05, 3.63) is 29.3 Å². The Balaban J connectivity index is 1.77. The van der Waals surface area contributed by atoms with Gasteiger partial charge in [0, 0.05) is 13.0 Å². The maximum absolute atomic E-state index is 15.2. The van der Waals surface area contributed by atoms with Crippen LogP contribution >= 0.6 is 0 Å². The summed E-state index contributed by atoms with van der Waals surface area (Å²) in [4.78, 5) is 0. The fourth-order valence-electron chi connectivity index (χ4n) is 5.95. The summed E-state index contributed by atoms with van der Waals surface area (Å²) in [6.45, 7) is 2.12. The number of aryl methyl sites for hydroxylation is 1. The van der Waals surface area contributed by atoms with Gasteiger partial charge >= 0.3 is 0 Å². The molecular weight excluding hydrogens is 295 g/mol. The van der Waals surface area contributed by atoms with E-state index in [1.807, 2.05) is 6.07 Å². The lowest BCUT2D eigenvalue weighted by molar-refractivity contribution is -0.0722. The summed E-state index contributed by atoms with van der Waals surface area (Å²) in [5.41, 5.74) is 1.93. The second kappa shape index (κ2) is 5.18. The molecule has 0 bridgehead atoms. The molecule has 2 N–H and O–H groups in total. The predicted octanol–water partition coefficient (Wildman–Crippen LogP) is 3.18. The van der Waals surface area contributed by atoms with Crippen molar-refractivity contribution in [3.63, 3.8) is 0 Å². The number of fused-ring (bicyclic) bond motifs is 5. The SMILES string of the molecule is CO[C@@H]1[C@H]2[C@@H]3CCc4cc(O)ccc4[C@H]3[C@@H](F)C[C@]2(C)C[C@H]1O. The van der Waals surface area contributed by atoms with Crippen molar-refractivity contribution < 1.29 is 19.3 Å². The summed E-state index contributed by atoms with van der Waals surface area (Å²) in [7, 11) is 1.66. The topological polar surface area (TPSA) is 49.7 Å². The van der Waals surface area contributed by atoms with Crippen LogP contribution < -0.4 is 0 Å². The van der Waals surface area contributed by atoms with E-state index in [1.54, 1.807) is 19.2 Å². The number of phenols is 1. The Kier molecular flexibility index (Phi) is 3.47. The smallest absolute Gasteiger partial charge is 0.115 e. The molecule has 3 aliphatic carbocycles. The van der Waals surface area contributed by atoms with E-state index in [-0.39, 0.29) is 35.0 Å². The molecule has 0 unspecified atom stereocenters. The minimum atomic E-state index is -0.896. The summed E-state index contributed by atoms with van der Waals surface area (Å²) in [6.07, 6.45) is 1.28. The highest BCUT2D eigenvalue weighted by molar-refractivity contribution is 5.41. The van der Waals surface area contributed by atoms with E-state index in [0.29, 0.717) is 12.8 Å². The van der Waals surface area contributed by atoms with Crippen LogP contribution in [0.4, 0.5) is 4.39 Å². The molecule has 3 aliphatic rings. The van der Waals surface area contributed by atoms with Crippen LogP contribution in [0.3, 0.4) is 0 Å². The molecule has 0 aliphatic heterocycles. The number of methoxy groups -OCH3 is 1. The van der Waals surface area contributed by atoms with E-state index in [4.69, 9.17) is 4.74 Å². The maximum atomic E-state index is 15.2. The first-order valence-corrected chi connectivity index (χ1v) is 8.61. The first-order chi connectivity index (χ1) is 10.9. The first kappa shape index (κ1) is 15.4. The van der Waals surface area contributed by atoms with Gasteiger partial charge in [0.05, 0.1) is 12.2 Å². The van der Waals surface area contributed by atoms with Gasteiger partial charge in [-0.05, 0) is 66.2 Å². The highest BCUT2D eigenvalue weighted by Gasteiger charge is 2.60. The average molecular weight is 320 g/mol. The van der Waals surface area contributed by atoms with Gasteiger partial charge in [-0.3, -0.25) is 0 Å². The minimum absolute atomic E-state index is 0.139. The van der Waals surface area contributed by atoms with Crippen LogP contribution in [-0.4, -0.2) is 35.7 Å². The summed E-state index contributed by atoms with van der Waals surface area (Å²) in [6, 6.07) is 5.34. The number of phenolic OH excluding ortho intramolecular Hbond substituents is 1. The summed E-state index contributed by atoms with van der Waals surface area (Å²) >= 11 is 0. The minimum Gasteiger partial charge on any atom is -0.508 e. The average Bonchev–Trinajstić information content (AvgIpc) is 2.75. The van der Waals surface area contributed by atoms with E-state index in [2.05, 4.69) is 6.92 Å². The zero-order valence-electron chi connectivity index (χ0n) is 13.7. The molecule has 0 saturated heterocycles. The zero-order chi connectivity index (χ0) is 16.4. The Morgan fingerprint density at radius 2 is 2.09 bits per heavy atom. The van der Waals surface area contributed by atoms with Crippen LogP contribution in [0.5, 0.6) is 5.75 Å². The Morgan fingerprint density at radius 3 is 2.83 bits per heavy atom. The number of aromatic hydroxyl groups is 1. The molecule has 2 saturated carbocycles. The molecule has 126 valence electrons. The Morgan fingerprint density at radius 1 is 1.30 bits per heavy atom. The van der Waals surface area contributed by atoms with Crippen molar-refractivity contribution in [1.82, 2.24) is 0 Å². The van der Waals surface area contributed by atoms with Crippen LogP contribution in [0.2, 0.25) is 0 Å². The fraction of sp³-hybridized carbons (Fsp3) is 0.684. The third-order valence-corrected chi connectivity index (χ3v) is 6.69. The Bertz CT molecular complexity index is 619. The third-order valence-electron chi connectivity index (χ3n) is 6.69. The predicted molar refractivity (Wildman–Crippen MR) is 85.2 cm³/mol. The molecule has 1 aromatic carbocycles. The van der Waals surface area contributed by atoms with Gasteiger partial charge in [-0.1, -0.05) is 13.0 Å². The van der Waals surface area contributed by atoms with Crippen molar-refractivity contribution >= 4 is 0 Å². The standard InChI is InChI=1S/C19H25FO3/c1-19-8-14(20)16-12-6-4-11(21)7-10(12)3-5-13(16)17(19)18(23-2)15(22)9-19/h4,6-7,13-18,21-22H,3,5,8-9H2,1-2H3/t13-,14+,15-,16-,17-,18+,19-/m1/s1. The number of alkyl halides is 1. The van der Waals surface area contributed by atoms with Crippen molar-refractivity contribution in [2.24, 2.45) is 17.3 Å². The van der Waals surface area contributed by atoms with Crippen LogP contribution in [-0.2, 0) is 11.2 Å². The third kappa shape index (κ3) is 2.14. The number of aliphatic hydroxyl groups is 1. The van der Waals surface area contributed by atoms with Crippen molar-refractivity contribution in [2.75, 3.05) is 7.11 Å². The van der Waals surface area contributed by atoms with Crippen molar-refractivity contribution in [3.8, 4) is 5.75 Å². The van der Waals surface area contributed by atoms with E-state index in [1.165, 1.54) is 0 Å². The first-order valence-electron chi connectivity index (χ1n) is 8.61. The molecule has 0 heterocycles. The molecule has 1 aromatic rings. The molecule has 3 nitrogen and oxygen atoms in total. The maximum Gasteiger partial charge on any atom is 0.115 e. The Labute approximate surface area is 136 Å². The van der Waals surface area contributed by atoms with Crippen molar-refractivity contribution in [1.29, 1.82) is 0 Å². The number of rotatable bonds is 1. The highest BCUT2D eigenvalue weighted by Crippen LogP contribution is 2.62. The second-order valence-corrected chi connectivity index (χ2v) is 7.98. The zero-order valence-corrected chi connectivity index (χ0v) is 13.7. The van der Waals surface area contributed by atoms with E-state index >= 15 is 4.39 Å². The summed E-state index contributed by atoms with van der Waals surface area (Å²) in [5.74, 6) is 0.508. The molecule has 4 heteroatoms. The number of benzene rings is 1. The van der Waals surface area contributed by atoms with E-state index < -0.39 is 12.3 Å². The molecule has 0 radical (unpaired) electrons. The van der Waals surface area contributed by atoms with Gasteiger partial charge in [0.25, 0.3) is 0 Å². The summed E-state index contributed by atoms with van der Waals surface area (Å²) < 4.78 is 20.8. The van der Waals surface area contributed by atoms with E-state index in [9.17, 15) is 10.2 Å². The molecular formula is C19H25FO3. The van der Waals surface area contributed by atoms with Gasteiger partial charge in [0.2, 0.25) is 0 Å². The van der Waals surface area contributed by atoms with Gasteiger partial charge in [-0.2, -0.15) is 0 Å². The molecule has 23 heavy (non-hydrogen) atoms. The lowest BCUT2D eigenvalue weighted by atomic mass is 9.55. The number of halogens is 1. The molecule has 0 spiro atoms. The van der Waals surface area contributed by atoms with Gasteiger partial charge in [0.15, 0.2) is 0 Å². The van der Waals surface area contributed by atoms with Crippen LogP contribution in [0.1, 0.15) is 43.2 Å². The van der Waals surface area contributed by atoms with Crippen LogP contribution in [0, 0.1) is 17.3 Å². The second-order valence-electron chi connectivity index (χ2n) is 7.98. The van der Waals surface area contributed by atoms with Crippen molar-refractivity contribution in [2.45, 2.75) is 56.9 Å². The quantitative estimate of drug-likeness (QED) is 0.835. The normalized spacial score (nSPS) is 45.2. The number of aliphatic hydroxyl groups excluding tert-OH is 1. The number of ether oxygens (including phenoxy) is 1. The van der Waals surface area contributed by atoms with Crippen LogP contribution in [0.25, 0.3) is 0 Å². The van der Waals surface area contributed by atoms with Gasteiger partial charge in [-0.15, -0.1) is 0 Å². The molecule has 0 amide bonds. The lowest BCUT2D eigenvalue weighted by Crippen LogP contribution is -2.49. The van der Waals surface area contributed by atoms with Gasteiger partial charge in [-0.25, -0.2) is 4.39 Å².